The number of urea groups is 1. The summed E-state index contributed by atoms with van der Waals surface area (Å²) in [5, 5.41) is 4.60. The fraction of sp³-hybridized carbons (Fsp3) is 0.278. The Labute approximate surface area is 163 Å². The Kier molecular flexibility index (Phi) is 4.61. The van der Waals surface area contributed by atoms with Gasteiger partial charge in [-0.2, -0.15) is 0 Å². The topological polar surface area (TPSA) is 69.7 Å². The average Bonchev–Trinajstić information content (AvgIpc) is 3.26. The number of hydrogen-bond donors (Lipinski definition) is 1. The van der Waals surface area contributed by atoms with Crippen molar-refractivity contribution >= 4 is 46.5 Å². The lowest BCUT2D eigenvalue weighted by atomic mass is 9.98. The second-order valence-corrected chi connectivity index (χ2v) is 7.79. The smallest absolute Gasteiger partial charge is 0.332 e. The largest absolute Gasteiger partial charge is 0.348 e. The minimum atomic E-state index is -0.649. The number of thiophene rings is 1. The van der Waals surface area contributed by atoms with E-state index in [4.69, 9.17) is 11.6 Å². The Morgan fingerprint density at radius 1 is 1.30 bits per heavy atom. The van der Waals surface area contributed by atoms with Crippen LogP contribution in [0.15, 0.2) is 35.7 Å². The van der Waals surface area contributed by atoms with Crippen LogP contribution in [-0.4, -0.2) is 41.4 Å². The van der Waals surface area contributed by atoms with Gasteiger partial charge in [0.1, 0.15) is 11.9 Å². The predicted octanol–water partition coefficient (Wildman–Crippen LogP) is 3.27. The maximum atomic E-state index is 13.4. The van der Waals surface area contributed by atoms with E-state index in [0.29, 0.717) is 24.3 Å². The number of benzene rings is 1. The van der Waals surface area contributed by atoms with Crippen LogP contribution in [0.5, 0.6) is 0 Å². The normalized spacial score (nSPS) is 22.1. The SMILES string of the molecule is O=C(N[C@H]1CCN2C(=O)N(c3ccc(F)c(Cl)c3)C(=O)[C@@H]2C1)c1cccs1. The van der Waals surface area contributed by atoms with E-state index in [-0.39, 0.29) is 22.7 Å². The Balaban J connectivity index is 1.51. The minimum Gasteiger partial charge on any atom is -0.348 e. The Bertz CT molecular complexity index is 921. The van der Waals surface area contributed by atoms with Crippen LogP contribution in [0.4, 0.5) is 14.9 Å². The molecule has 0 aliphatic carbocycles. The summed E-state index contributed by atoms with van der Waals surface area (Å²) in [6.45, 7) is 0.357. The Morgan fingerprint density at radius 3 is 2.81 bits per heavy atom. The van der Waals surface area contributed by atoms with Gasteiger partial charge < -0.3 is 10.2 Å². The summed E-state index contributed by atoms with van der Waals surface area (Å²) in [6, 6.07) is 5.98. The number of anilines is 1. The molecule has 27 heavy (non-hydrogen) atoms. The summed E-state index contributed by atoms with van der Waals surface area (Å²) in [5.41, 5.74) is 0.241. The van der Waals surface area contributed by atoms with Crippen LogP contribution in [0.3, 0.4) is 0 Å². The summed E-state index contributed by atoms with van der Waals surface area (Å²) in [7, 11) is 0. The summed E-state index contributed by atoms with van der Waals surface area (Å²) in [5.74, 6) is -1.19. The number of nitrogens with zero attached hydrogens (tertiary/aromatic N) is 2. The van der Waals surface area contributed by atoms with Gasteiger partial charge in [0.15, 0.2) is 0 Å². The molecular weight excluding hydrogens is 393 g/mol. The van der Waals surface area contributed by atoms with Crippen LogP contribution in [-0.2, 0) is 4.79 Å². The summed E-state index contributed by atoms with van der Waals surface area (Å²) in [6.07, 6.45) is 0.901. The van der Waals surface area contributed by atoms with Crippen molar-refractivity contribution in [3.05, 3.63) is 51.4 Å². The highest BCUT2D eigenvalue weighted by Crippen LogP contribution is 2.32. The molecule has 2 fully saturated rings. The molecule has 9 heteroatoms. The number of hydrogen-bond acceptors (Lipinski definition) is 4. The zero-order valence-corrected chi connectivity index (χ0v) is 15.6. The average molecular weight is 408 g/mol. The summed E-state index contributed by atoms with van der Waals surface area (Å²) < 4.78 is 13.4. The van der Waals surface area contributed by atoms with E-state index in [1.807, 2.05) is 5.38 Å². The summed E-state index contributed by atoms with van der Waals surface area (Å²) in [4.78, 5) is 40.9. The first-order valence-electron chi connectivity index (χ1n) is 8.39. The van der Waals surface area contributed by atoms with E-state index in [1.165, 1.54) is 28.4 Å². The number of fused-ring (bicyclic) bond motifs is 1. The molecule has 0 saturated carbocycles. The number of piperidine rings is 1. The summed E-state index contributed by atoms with van der Waals surface area (Å²) >= 11 is 7.13. The Hall–Kier alpha value is -2.45. The molecule has 2 aliphatic rings. The number of carbonyl (C=O) groups is 3. The highest BCUT2D eigenvalue weighted by atomic mass is 35.5. The van der Waals surface area contributed by atoms with E-state index in [0.717, 1.165) is 11.0 Å². The third kappa shape index (κ3) is 3.19. The standard InChI is InChI=1S/C18H15ClFN3O3S/c19-12-9-11(3-4-13(12)20)23-17(25)14-8-10(5-6-22(14)18(23)26)21-16(24)15-2-1-7-27-15/h1-4,7,9-10,14H,5-6,8H2,(H,21,24)/t10-,14-/m0/s1. The first kappa shape index (κ1) is 17.9. The van der Waals surface area contributed by atoms with Gasteiger partial charge >= 0.3 is 6.03 Å². The highest BCUT2D eigenvalue weighted by Gasteiger charge is 2.48. The van der Waals surface area contributed by atoms with Gasteiger partial charge in [0.25, 0.3) is 11.8 Å². The molecule has 1 aromatic heterocycles. The maximum absolute atomic E-state index is 13.4. The highest BCUT2D eigenvalue weighted by molar-refractivity contribution is 7.12. The molecule has 0 spiro atoms. The van der Waals surface area contributed by atoms with E-state index in [9.17, 15) is 18.8 Å². The predicted molar refractivity (Wildman–Crippen MR) is 99.6 cm³/mol. The molecule has 1 N–H and O–H groups in total. The second kappa shape index (κ2) is 6.94. The van der Waals surface area contributed by atoms with Gasteiger partial charge in [0.05, 0.1) is 15.6 Å². The van der Waals surface area contributed by atoms with Gasteiger partial charge in [-0.3, -0.25) is 9.59 Å². The molecule has 2 atom stereocenters. The number of imide groups is 1. The minimum absolute atomic E-state index is 0.154. The third-order valence-corrected chi connectivity index (χ3v) is 5.94. The van der Waals surface area contributed by atoms with E-state index < -0.39 is 23.8 Å². The number of carbonyl (C=O) groups excluding carboxylic acids is 3. The van der Waals surface area contributed by atoms with Crippen molar-refractivity contribution in [3.8, 4) is 0 Å². The van der Waals surface area contributed by atoms with Crippen LogP contribution in [0, 0.1) is 5.82 Å². The lowest BCUT2D eigenvalue weighted by Crippen LogP contribution is -2.49. The van der Waals surface area contributed by atoms with E-state index in [1.54, 1.807) is 12.1 Å². The molecule has 6 nitrogen and oxygen atoms in total. The van der Waals surface area contributed by atoms with Crippen molar-refractivity contribution in [2.45, 2.75) is 24.9 Å². The molecule has 2 aliphatic heterocycles. The zero-order valence-electron chi connectivity index (χ0n) is 14.0. The molecule has 4 amide bonds. The quantitative estimate of drug-likeness (QED) is 0.794. The lowest BCUT2D eigenvalue weighted by Gasteiger charge is -2.32. The van der Waals surface area contributed by atoms with Gasteiger partial charge in [-0.1, -0.05) is 17.7 Å². The fourth-order valence-electron chi connectivity index (χ4n) is 3.46. The van der Waals surface area contributed by atoms with Crippen molar-refractivity contribution in [3.63, 3.8) is 0 Å². The number of halogens is 2. The molecular formula is C18H15ClFN3O3S. The van der Waals surface area contributed by atoms with Crippen molar-refractivity contribution < 1.29 is 18.8 Å². The van der Waals surface area contributed by atoms with Crippen molar-refractivity contribution in [2.24, 2.45) is 0 Å². The fourth-order valence-corrected chi connectivity index (χ4v) is 4.26. The van der Waals surface area contributed by atoms with Gasteiger partial charge in [-0.25, -0.2) is 14.1 Å². The van der Waals surface area contributed by atoms with Gasteiger partial charge in [0.2, 0.25) is 0 Å². The molecule has 0 radical (unpaired) electrons. The molecule has 0 unspecified atom stereocenters. The molecule has 1 aromatic carbocycles. The van der Waals surface area contributed by atoms with E-state index in [2.05, 4.69) is 5.32 Å². The lowest BCUT2D eigenvalue weighted by molar-refractivity contribution is -0.120. The van der Waals surface area contributed by atoms with Crippen molar-refractivity contribution in [1.82, 2.24) is 10.2 Å². The van der Waals surface area contributed by atoms with Crippen LogP contribution in [0.1, 0.15) is 22.5 Å². The molecule has 0 bridgehead atoms. The molecule has 2 aromatic rings. The van der Waals surface area contributed by atoms with Gasteiger partial charge in [-0.15, -0.1) is 11.3 Å². The maximum Gasteiger partial charge on any atom is 0.332 e. The third-order valence-electron chi connectivity index (χ3n) is 4.79. The molecule has 2 saturated heterocycles. The second-order valence-electron chi connectivity index (χ2n) is 6.44. The first-order valence-corrected chi connectivity index (χ1v) is 9.65. The van der Waals surface area contributed by atoms with Gasteiger partial charge in [0, 0.05) is 12.6 Å². The first-order chi connectivity index (χ1) is 13.0. The van der Waals surface area contributed by atoms with Gasteiger partial charge in [-0.05, 0) is 42.5 Å². The molecule has 3 heterocycles. The van der Waals surface area contributed by atoms with Crippen molar-refractivity contribution in [2.75, 3.05) is 11.4 Å². The zero-order chi connectivity index (χ0) is 19.1. The monoisotopic (exact) mass is 407 g/mol. The van der Waals surface area contributed by atoms with Crippen LogP contribution in [0.25, 0.3) is 0 Å². The van der Waals surface area contributed by atoms with Crippen LogP contribution < -0.4 is 10.2 Å². The molecule has 4 rings (SSSR count). The molecule has 140 valence electrons. The number of nitrogens with one attached hydrogen (secondary N) is 1. The number of amides is 4. The Morgan fingerprint density at radius 2 is 2.11 bits per heavy atom. The van der Waals surface area contributed by atoms with Crippen LogP contribution in [0.2, 0.25) is 5.02 Å². The van der Waals surface area contributed by atoms with E-state index >= 15 is 0 Å². The van der Waals surface area contributed by atoms with Crippen molar-refractivity contribution in [1.29, 1.82) is 0 Å². The number of rotatable bonds is 3. The van der Waals surface area contributed by atoms with Crippen LogP contribution >= 0.6 is 22.9 Å².